The minimum Gasteiger partial charge on any atom is -0.489 e. The van der Waals surface area contributed by atoms with Crippen LogP contribution >= 0.6 is 0 Å². The zero-order valence-corrected chi connectivity index (χ0v) is 12.5. The van der Waals surface area contributed by atoms with Crippen molar-refractivity contribution in [2.45, 2.75) is 24.9 Å². The van der Waals surface area contributed by atoms with Crippen molar-refractivity contribution in [3.8, 4) is 5.75 Å². The lowest BCUT2D eigenvalue weighted by Crippen LogP contribution is -2.35. The molecule has 3 nitrogen and oxygen atoms in total. The number of aldehydes is 1. The zero-order valence-electron chi connectivity index (χ0n) is 12.5. The van der Waals surface area contributed by atoms with Crippen molar-refractivity contribution < 1.29 is 14.3 Å². The van der Waals surface area contributed by atoms with E-state index in [4.69, 9.17) is 9.47 Å². The summed E-state index contributed by atoms with van der Waals surface area (Å²) in [6.45, 7) is 1.79. The van der Waals surface area contributed by atoms with Gasteiger partial charge in [-0.15, -0.1) is 0 Å². The van der Waals surface area contributed by atoms with E-state index in [1.165, 1.54) is 0 Å². The Kier molecular flexibility index (Phi) is 4.54. The van der Waals surface area contributed by atoms with Gasteiger partial charge >= 0.3 is 0 Å². The van der Waals surface area contributed by atoms with Crippen molar-refractivity contribution in [1.82, 2.24) is 0 Å². The second-order valence-corrected chi connectivity index (χ2v) is 5.69. The van der Waals surface area contributed by atoms with Crippen LogP contribution in [0.3, 0.4) is 0 Å². The lowest BCUT2D eigenvalue weighted by Gasteiger charge is -2.32. The Morgan fingerprint density at radius 3 is 2.55 bits per heavy atom. The van der Waals surface area contributed by atoms with Crippen LogP contribution in [0.25, 0.3) is 0 Å². The summed E-state index contributed by atoms with van der Waals surface area (Å²) in [5.41, 5.74) is 1.73. The van der Waals surface area contributed by atoms with E-state index in [9.17, 15) is 4.79 Å². The van der Waals surface area contributed by atoms with Gasteiger partial charge in [0.05, 0.1) is 5.41 Å². The van der Waals surface area contributed by atoms with E-state index in [2.05, 4.69) is 0 Å². The number of hydrogen-bond acceptors (Lipinski definition) is 3. The second-order valence-electron chi connectivity index (χ2n) is 5.69. The molecule has 0 saturated carbocycles. The van der Waals surface area contributed by atoms with E-state index >= 15 is 0 Å². The maximum atomic E-state index is 11.7. The zero-order chi connectivity index (χ0) is 15.3. The lowest BCUT2D eigenvalue weighted by molar-refractivity contribution is -0.115. The summed E-state index contributed by atoms with van der Waals surface area (Å²) in [6, 6.07) is 17.9. The summed E-state index contributed by atoms with van der Waals surface area (Å²) in [4.78, 5) is 11.7. The Morgan fingerprint density at radius 1 is 1.05 bits per heavy atom. The molecule has 22 heavy (non-hydrogen) atoms. The van der Waals surface area contributed by atoms with Gasteiger partial charge in [0.1, 0.15) is 18.6 Å². The van der Waals surface area contributed by atoms with Gasteiger partial charge in [-0.3, -0.25) is 0 Å². The molecular weight excluding hydrogens is 276 g/mol. The summed E-state index contributed by atoms with van der Waals surface area (Å²) in [6.07, 6.45) is 2.54. The molecule has 2 aromatic rings. The molecule has 0 aliphatic carbocycles. The summed E-state index contributed by atoms with van der Waals surface area (Å²) in [7, 11) is 0. The minimum absolute atomic E-state index is 0.426. The predicted octanol–water partition coefficient (Wildman–Crippen LogP) is 3.51. The third-order valence-corrected chi connectivity index (χ3v) is 4.27. The van der Waals surface area contributed by atoms with Crippen LogP contribution in [0.15, 0.2) is 54.6 Å². The molecule has 0 radical (unpaired) electrons. The van der Waals surface area contributed by atoms with Crippen LogP contribution in [0, 0.1) is 0 Å². The summed E-state index contributed by atoms with van der Waals surface area (Å²) in [5, 5.41) is 0. The van der Waals surface area contributed by atoms with Crippen molar-refractivity contribution in [1.29, 1.82) is 0 Å². The van der Waals surface area contributed by atoms with Gasteiger partial charge in [-0.1, -0.05) is 42.5 Å². The number of carbonyl (C=O) groups excluding carboxylic acids is 1. The normalized spacial score (nSPS) is 16.9. The highest BCUT2D eigenvalue weighted by molar-refractivity contribution is 5.69. The monoisotopic (exact) mass is 296 g/mol. The van der Waals surface area contributed by atoms with Crippen molar-refractivity contribution in [2.24, 2.45) is 0 Å². The number of ether oxygens (including phenoxy) is 2. The lowest BCUT2D eigenvalue weighted by atomic mass is 9.75. The van der Waals surface area contributed by atoms with Crippen LogP contribution in [0.1, 0.15) is 24.0 Å². The van der Waals surface area contributed by atoms with Crippen LogP contribution < -0.4 is 4.74 Å². The molecule has 114 valence electrons. The molecule has 1 aliphatic rings. The number of benzene rings is 2. The summed E-state index contributed by atoms with van der Waals surface area (Å²) < 4.78 is 11.3. The van der Waals surface area contributed by atoms with E-state index in [-0.39, 0.29) is 0 Å². The van der Waals surface area contributed by atoms with Crippen LogP contribution in [-0.2, 0) is 21.6 Å². The minimum atomic E-state index is -0.426. The smallest absolute Gasteiger partial charge is 0.130 e. The van der Waals surface area contributed by atoms with Gasteiger partial charge in [-0.25, -0.2) is 0 Å². The first-order valence-electron chi connectivity index (χ1n) is 7.64. The van der Waals surface area contributed by atoms with Crippen LogP contribution in [0.4, 0.5) is 0 Å². The molecule has 1 aliphatic heterocycles. The fourth-order valence-electron chi connectivity index (χ4n) is 2.85. The Morgan fingerprint density at radius 2 is 1.82 bits per heavy atom. The Hall–Kier alpha value is -2.13. The largest absolute Gasteiger partial charge is 0.489 e. The molecule has 1 heterocycles. The maximum Gasteiger partial charge on any atom is 0.130 e. The second kappa shape index (κ2) is 6.75. The third-order valence-electron chi connectivity index (χ3n) is 4.27. The third kappa shape index (κ3) is 3.20. The Bertz CT molecular complexity index is 616. The van der Waals surface area contributed by atoms with Crippen LogP contribution in [-0.4, -0.2) is 19.5 Å². The van der Waals surface area contributed by atoms with Gasteiger partial charge in [0.25, 0.3) is 0 Å². The SMILES string of the molecule is O=CC1(c2cccc(OCc3ccccc3)c2)CCOCC1. The highest BCUT2D eigenvalue weighted by atomic mass is 16.5. The molecule has 0 unspecified atom stereocenters. The van der Waals surface area contributed by atoms with Gasteiger partial charge < -0.3 is 14.3 Å². The molecule has 3 heteroatoms. The van der Waals surface area contributed by atoms with Crippen LogP contribution in [0.2, 0.25) is 0 Å². The van der Waals surface area contributed by atoms with E-state index in [1.807, 2.05) is 54.6 Å². The van der Waals surface area contributed by atoms with Crippen molar-refractivity contribution >= 4 is 6.29 Å². The number of rotatable bonds is 5. The average molecular weight is 296 g/mol. The topological polar surface area (TPSA) is 35.5 Å². The van der Waals surface area contributed by atoms with Gasteiger partial charge in [0, 0.05) is 13.2 Å². The van der Waals surface area contributed by atoms with E-state index < -0.39 is 5.41 Å². The molecule has 3 rings (SSSR count). The Labute approximate surface area is 130 Å². The highest BCUT2D eigenvalue weighted by Gasteiger charge is 2.34. The predicted molar refractivity (Wildman–Crippen MR) is 85.0 cm³/mol. The molecule has 0 amide bonds. The fraction of sp³-hybridized carbons (Fsp3) is 0.316. The molecule has 0 N–H and O–H groups in total. The molecular formula is C19H20O3. The first kappa shape index (κ1) is 14.8. The van der Waals surface area contributed by atoms with E-state index in [0.29, 0.717) is 19.8 Å². The number of hydrogen-bond donors (Lipinski definition) is 0. The first-order valence-corrected chi connectivity index (χ1v) is 7.64. The van der Waals surface area contributed by atoms with Crippen molar-refractivity contribution in [3.05, 3.63) is 65.7 Å². The molecule has 1 fully saturated rings. The van der Waals surface area contributed by atoms with Crippen molar-refractivity contribution in [2.75, 3.05) is 13.2 Å². The summed E-state index contributed by atoms with van der Waals surface area (Å²) >= 11 is 0. The first-order chi connectivity index (χ1) is 10.8. The van der Waals surface area contributed by atoms with Crippen LogP contribution in [0.5, 0.6) is 5.75 Å². The van der Waals surface area contributed by atoms with E-state index in [0.717, 1.165) is 36.0 Å². The average Bonchev–Trinajstić information content (AvgIpc) is 2.62. The molecule has 1 saturated heterocycles. The molecule has 2 aromatic carbocycles. The molecule has 0 bridgehead atoms. The molecule has 0 aromatic heterocycles. The maximum absolute atomic E-state index is 11.7. The van der Waals surface area contributed by atoms with Gasteiger partial charge in [0.2, 0.25) is 0 Å². The standard InChI is InChI=1S/C19H20O3/c20-15-19(9-11-21-12-10-19)17-7-4-8-18(13-17)22-14-16-5-2-1-3-6-16/h1-8,13,15H,9-12,14H2. The summed E-state index contributed by atoms with van der Waals surface area (Å²) in [5.74, 6) is 0.800. The van der Waals surface area contributed by atoms with Gasteiger partial charge in [0.15, 0.2) is 0 Å². The van der Waals surface area contributed by atoms with E-state index in [1.54, 1.807) is 0 Å². The molecule has 0 spiro atoms. The quantitative estimate of drug-likeness (QED) is 0.792. The number of carbonyl (C=O) groups is 1. The van der Waals surface area contributed by atoms with Gasteiger partial charge in [-0.05, 0) is 36.1 Å². The van der Waals surface area contributed by atoms with Gasteiger partial charge in [-0.2, -0.15) is 0 Å². The highest BCUT2D eigenvalue weighted by Crippen LogP contribution is 2.34. The van der Waals surface area contributed by atoms with Crippen molar-refractivity contribution in [3.63, 3.8) is 0 Å². The molecule has 0 atom stereocenters. The fourth-order valence-corrected chi connectivity index (χ4v) is 2.85. The Balaban J connectivity index is 1.76.